The molecule has 1 N–H and O–H groups in total. The number of aryl methyl sites for hydroxylation is 1. The van der Waals surface area contributed by atoms with Crippen LogP contribution in [0, 0.1) is 0 Å². The summed E-state index contributed by atoms with van der Waals surface area (Å²) in [7, 11) is -0.937. The van der Waals surface area contributed by atoms with Gasteiger partial charge < -0.3 is 4.74 Å². The molecular weight excluding hydrogens is 304 g/mol. The lowest BCUT2D eigenvalue weighted by atomic mass is 10.4. The van der Waals surface area contributed by atoms with Crippen LogP contribution in [0.25, 0.3) is 0 Å². The quantitative estimate of drug-likeness (QED) is 0.787. The zero-order valence-corrected chi connectivity index (χ0v) is 12.4. The third-order valence-corrected chi connectivity index (χ3v) is 5.14. The van der Waals surface area contributed by atoms with Crippen LogP contribution in [0.15, 0.2) is 22.0 Å². The standard InChI is InChI=1S/C10H12N4O4S2/c1-14-4-3-7(13-14)5-12-20(16,17)10-8(9(15)18-2)11-6-19-10/h3-4,6,12H,5H2,1-2H3. The number of hydrogen-bond donors (Lipinski definition) is 1. The van der Waals surface area contributed by atoms with Crippen LogP contribution in [0.3, 0.4) is 0 Å². The van der Waals surface area contributed by atoms with E-state index in [-0.39, 0.29) is 16.4 Å². The van der Waals surface area contributed by atoms with Crippen molar-refractivity contribution in [2.75, 3.05) is 7.11 Å². The van der Waals surface area contributed by atoms with E-state index in [0.29, 0.717) is 5.69 Å². The summed E-state index contributed by atoms with van der Waals surface area (Å²) in [5.41, 5.74) is 1.63. The van der Waals surface area contributed by atoms with E-state index in [1.807, 2.05) is 0 Å². The van der Waals surface area contributed by atoms with Gasteiger partial charge in [0.05, 0.1) is 24.9 Å². The number of aromatic nitrogens is 3. The van der Waals surface area contributed by atoms with Gasteiger partial charge in [-0.3, -0.25) is 4.68 Å². The van der Waals surface area contributed by atoms with Gasteiger partial charge in [-0.25, -0.2) is 22.9 Å². The van der Waals surface area contributed by atoms with Crippen molar-refractivity contribution >= 4 is 27.3 Å². The predicted molar refractivity (Wildman–Crippen MR) is 70.7 cm³/mol. The molecule has 0 atom stereocenters. The van der Waals surface area contributed by atoms with E-state index >= 15 is 0 Å². The molecule has 2 rings (SSSR count). The van der Waals surface area contributed by atoms with Gasteiger partial charge in [0.1, 0.15) is 0 Å². The van der Waals surface area contributed by atoms with Crippen molar-refractivity contribution in [2.45, 2.75) is 10.8 Å². The van der Waals surface area contributed by atoms with Gasteiger partial charge in [-0.2, -0.15) is 5.10 Å². The maximum atomic E-state index is 12.1. The summed E-state index contributed by atoms with van der Waals surface area (Å²) in [5, 5.41) is 4.05. The second-order valence-electron chi connectivity index (χ2n) is 3.79. The van der Waals surface area contributed by atoms with Gasteiger partial charge in [-0.1, -0.05) is 0 Å². The number of rotatable bonds is 5. The third-order valence-electron chi connectivity index (χ3n) is 2.37. The Morgan fingerprint density at radius 2 is 2.30 bits per heavy atom. The summed E-state index contributed by atoms with van der Waals surface area (Å²) in [6.07, 6.45) is 1.70. The fourth-order valence-corrected chi connectivity index (χ4v) is 3.62. The summed E-state index contributed by atoms with van der Waals surface area (Å²) in [4.78, 5) is 15.2. The van der Waals surface area contributed by atoms with Gasteiger partial charge in [-0.05, 0) is 6.07 Å². The third kappa shape index (κ3) is 3.03. The van der Waals surface area contributed by atoms with Crippen LogP contribution in [-0.2, 0) is 28.4 Å². The first kappa shape index (κ1) is 14.6. The summed E-state index contributed by atoms with van der Waals surface area (Å²) in [6.45, 7) is 0.0295. The molecule has 0 amide bonds. The molecule has 0 bridgehead atoms. The summed E-state index contributed by atoms with van der Waals surface area (Å²) >= 11 is 0.853. The summed E-state index contributed by atoms with van der Waals surface area (Å²) in [6, 6.07) is 1.69. The van der Waals surface area contributed by atoms with Crippen LogP contribution in [0.4, 0.5) is 0 Å². The van der Waals surface area contributed by atoms with Gasteiger partial charge in [0, 0.05) is 13.2 Å². The van der Waals surface area contributed by atoms with E-state index in [2.05, 4.69) is 19.5 Å². The maximum Gasteiger partial charge on any atom is 0.358 e. The smallest absolute Gasteiger partial charge is 0.358 e. The van der Waals surface area contributed by atoms with E-state index in [1.54, 1.807) is 24.0 Å². The minimum atomic E-state index is -3.84. The summed E-state index contributed by atoms with van der Waals surface area (Å²) < 4.78 is 32.5. The van der Waals surface area contributed by atoms with Crippen LogP contribution >= 0.6 is 11.3 Å². The number of sulfonamides is 1. The van der Waals surface area contributed by atoms with E-state index in [1.165, 1.54) is 12.6 Å². The molecule has 0 aliphatic rings. The highest BCUT2D eigenvalue weighted by Crippen LogP contribution is 2.20. The Labute approximate surface area is 119 Å². The second-order valence-corrected chi connectivity index (χ2v) is 6.60. The van der Waals surface area contributed by atoms with Gasteiger partial charge in [0.2, 0.25) is 0 Å². The SMILES string of the molecule is COC(=O)c1ncsc1S(=O)(=O)NCc1ccn(C)n1. The summed E-state index contributed by atoms with van der Waals surface area (Å²) in [5.74, 6) is -0.788. The fraction of sp³-hybridized carbons (Fsp3) is 0.300. The molecule has 108 valence electrons. The number of carbonyl (C=O) groups excluding carboxylic acids is 1. The average Bonchev–Trinajstić information content (AvgIpc) is 3.04. The Bertz CT molecular complexity index is 719. The first-order valence-corrected chi connectivity index (χ1v) is 7.80. The van der Waals surface area contributed by atoms with Crippen molar-refractivity contribution < 1.29 is 17.9 Å². The van der Waals surface area contributed by atoms with E-state index < -0.39 is 16.0 Å². The minimum absolute atomic E-state index is 0.0295. The lowest BCUT2D eigenvalue weighted by Gasteiger charge is -2.04. The molecule has 0 aliphatic carbocycles. The molecule has 10 heteroatoms. The predicted octanol–water partition coefficient (Wildman–Crippen LogP) is 0.142. The highest BCUT2D eigenvalue weighted by molar-refractivity contribution is 7.91. The molecule has 0 radical (unpaired) electrons. The highest BCUT2D eigenvalue weighted by Gasteiger charge is 2.26. The number of hydrogen-bond acceptors (Lipinski definition) is 7. The van der Waals surface area contributed by atoms with Crippen LogP contribution in [0.5, 0.6) is 0 Å². The number of esters is 1. The molecule has 2 aromatic heterocycles. The highest BCUT2D eigenvalue weighted by atomic mass is 32.2. The Hall–Kier alpha value is -1.78. The molecule has 0 aromatic carbocycles. The molecule has 0 unspecified atom stereocenters. The molecule has 0 saturated carbocycles. The van der Waals surface area contributed by atoms with Crippen molar-refractivity contribution in [3.63, 3.8) is 0 Å². The molecule has 0 fully saturated rings. The number of carbonyl (C=O) groups is 1. The number of methoxy groups -OCH3 is 1. The van der Waals surface area contributed by atoms with E-state index in [9.17, 15) is 13.2 Å². The molecule has 20 heavy (non-hydrogen) atoms. The number of ether oxygens (including phenoxy) is 1. The van der Waals surface area contributed by atoms with Crippen molar-refractivity contribution in [3.8, 4) is 0 Å². The van der Waals surface area contributed by atoms with Crippen molar-refractivity contribution in [1.29, 1.82) is 0 Å². The largest absolute Gasteiger partial charge is 0.464 e. The van der Waals surface area contributed by atoms with Crippen LogP contribution in [0.2, 0.25) is 0 Å². The van der Waals surface area contributed by atoms with Gasteiger partial charge in [0.25, 0.3) is 10.0 Å². The first-order valence-electron chi connectivity index (χ1n) is 5.44. The Morgan fingerprint density at radius 3 is 2.90 bits per heavy atom. The second kappa shape index (κ2) is 5.69. The van der Waals surface area contributed by atoms with Crippen LogP contribution in [-0.4, -0.2) is 36.3 Å². The Balaban J connectivity index is 2.18. The average molecular weight is 316 g/mol. The van der Waals surface area contributed by atoms with Crippen molar-refractivity contribution in [3.05, 3.63) is 29.2 Å². The fourth-order valence-electron chi connectivity index (χ4n) is 1.45. The molecule has 0 spiro atoms. The van der Waals surface area contributed by atoms with Gasteiger partial charge in [0.15, 0.2) is 9.90 Å². The monoisotopic (exact) mass is 316 g/mol. The zero-order chi connectivity index (χ0) is 14.8. The molecule has 0 saturated heterocycles. The van der Waals surface area contributed by atoms with Crippen LogP contribution < -0.4 is 4.72 Å². The number of nitrogens with one attached hydrogen (secondary N) is 1. The Kier molecular flexibility index (Phi) is 4.16. The molecule has 2 heterocycles. The maximum absolute atomic E-state index is 12.1. The number of thiazole rings is 1. The Morgan fingerprint density at radius 1 is 1.55 bits per heavy atom. The van der Waals surface area contributed by atoms with E-state index in [4.69, 9.17) is 0 Å². The van der Waals surface area contributed by atoms with Gasteiger partial charge >= 0.3 is 5.97 Å². The lowest BCUT2D eigenvalue weighted by molar-refractivity contribution is 0.0590. The molecule has 0 aliphatic heterocycles. The van der Waals surface area contributed by atoms with Crippen molar-refractivity contribution in [1.82, 2.24) is 19.5 Å². The minimum Gasteiger partial charge on any atom is -0.464 e. The lowest BCUT2D eigenvalue weighted by Crippen LogP contribution is -2.24. The van der Waals surface area contributed by atoms with E-state index in [0.717, 1.165) is 11.3 Å². The molecular formula is C10H12N4O4S2. The zero-order valence-electron chi connectivity index (χ0n) is 10.7. The molecule has 2 aromatic rings. The first-order chi connectivity index (χ1) is 9.44. The van der Waals surface area contributed by atoms with Crippen LogP contribution in [0.1, 0.15) is 16.2 Å². The topological polar surface area (TPSA) is 103 Å². The molecule has 8 nitrogen and oxygen atoms in total. The van der Waals surface area contributed by atoms with Crippen molar-refractivity contribution in [2.24, 2.45) is 7.05 Å². The normalized spacial score (nSPS) is 11.5. The van der Waals surface area contributed by atoms with Gasteiger partial charge in [-0.15, -0.1) is 11.3 Å². The number of nitrogens with zero attached hydrogens (tertiary/aromatic N) is 3.